The highest BCUT2D eigenvalue weighted by Crippen LogP contribution is 2.47. The van der Waals surface area contributed by atoms with Gasteiger partial charge in [0.2, 0.25) is 0 Å². The van der Waals surface area contributed by atoms with E-state index in [1.807, 2.05) is 50.2 Å². The van der Waals surface area contributed by atoms with Gasteiger partial charge in [-0.15, -0.1) is 0 Å². The minimum Gasteiger partial charge on any atom is -0.233 e. The van der Waals surface area contributed by atoms with Crippen molar-refractivity contribution in [2.24, 2.45) is 0 Å². The molecule has 0 fully saturated rings. The van der Waals surface area contributed by atoms with Crippen LogP contribution >= 0.6 is 0 Å². The molecule has 0 aliphatic carbocycles. The second-order valence-corrected chi connectivity index (χ2v) is 9.41. The van der Waals surface area contributed by atoms with Crippen LogP contribution in [0, 0.1) is 13.8 Å². The molecule has 136 valence electrons. The van der Waals surface area contributed by atoms with Gasteiger partial charge in [0.25, 0.3) is 10.0 Å². The number of benzene rings is 4. The first-order valence-electron chi connectivity index (χ1n) is 9.30. The lowest BCUT2D eigenvalue weighted by molar-refractivity contribution is 0.590. The fourth-order valence-electron chi connectivity index (χ4n) is 4.60. The molecule has 0 unspecified atom stereocenters. The Morgan fingerprint density at radius 1 is 0.750 bits per heavy atom. The standard InChI is InChI=1S/C24H17NO2S/c1-14-7-9-21-20(12-14)23-17-6-4-3-5-16(17)13-19-18-11-15(2)8-10-22(18)28(26,27)25(21)24(19)23/h3-13H,1-2H3. The van der Waals surface area contributed by atoms with E-state index in [1.165, 1.54) is 0 Å². The minimum absolute atomic E-state index is 0.375. The van der Waals surface area contributed by atoms with E-state index in [4.69, 9.17) is 0 Å². The van der Waals surface area contributed by atoms with Crippen LogP contribution in [0.25, 0.3) is 43.7 Å². The fourth-order valence-corrected chi connectivity index (χ4v) is 6.33. The number of fused-ring (bicyclic) bond motifs is 7. The van der Waals surface area contributed by atoms with Crippen molar-refractivity contribution in [3.05, 3.63) is 77.9 Å². The second-order valence-electron chi connectivity index (χ2n) is 7.66. The fraction of sp³-hybridized carbons (Fsp3) is 0.0833. The van der Waals surface area contributed by atoms with Crippen LogP contribution in [-0.2, 0) is 10.0 Å². The van der Waals surface area contributed by atoms with Crippen molar-refractivity contribution in [3.8, 4) is 11.1 Å². The van der Waals surface area contributed by atoms with Gasteiger partial charge in [0, 0.05) is 21.9 Å². The van der Waals surface area contributed by atoms with Gasteiger partial charge in [-0.05, 0) is 55.0 Å². The largest absolute Gasteiger partial charge is 0.269 e. The van der Waals surface area contributed by atoms with Crippen LogP contribution in [0.15, 0.2) is 71.6 Å². The molecule has 1 aromatic heterocycles. The summed E-state index contributed by atoms with van der Waals surface area (Å²) >= 11 is 0. The normalized spacial score (nSPS) is 14.6. The lowest BCUT2D eigenvalue weighted by Crippen LogP contribution is -2.18. The molecule has 0 saturated carbocycles. The SMILES string of the molecule is Cc1ccc2c(c1)-c1cc3ccccc3c3c4cc(C)ccc4n(c13)S2(=O)=O. The van der Waals surface area contributed by atoms with Crippen molar-refractivity contribution in [2.75, 3.05) is 0 Å². The Kier molecular flexibility index (Phi) is 2.86. The summed E-state index contributed by atoms with van der Waals surface area (Å²) in [6, 6.07) is 22.0. The number of aromatic nitrogens is 1. The third-order valence-electron chi connectivity index (χ3n) is 5.81. The molecule has 1 aliphatic heterocycles. The Morgan fingerprint density at radius 2 is 1.50 bits per heavy atom. The van der Waals surface area contributed by atoms with Crippen LogP contribution in [0.2, 0.25) is 0 Å². The van der Waals surface area contributed by atoms with Crippen LogP contribution in [0.1, 0.15) is 11.1 Å². The van der Waals surface area contributed by atoms with Crippen LogP contribution in [-0.4, -0.2) is 12.4 Å². The van der Waals surface area contributed by atoms with E-state index in [0.29, 0.717) is 4.90 Å². The highest BCUT2D eigenvalue weighted by molar-refractivity contribution is 7.90. The summed E-state index contributed by atoms with van der Waals surface area (Å²) in [5.74, 6) is 0. The van der Waals surface area contributed by atoms with Crippen molar-refractivity contribution < 1.29 is 8.42 Å². The summed E-state index contributed by atoms with van der Waals surface area (Å²) in [4.78, 5) is 0.375. The first-order chi connectivity index (χ1) is 13.5. The second kappa shape index (κ2) is 5.03. The quantitative estimate of drug-likeness (QED) is 0.333. The summed E-state index contributed by atoms with van der Waals surface area (Å²) < 4.78 is 28.9. The first-order valence-corrected chi connectivity index (χ1v) is 10.7. The molecule has 5 aromatic rings. The maximum Gasteiger partial charge on any atom is 0.269 e. The van der Waals surface area contributed by atoms with E-state index in [1.54, 1.807) is 10.0 Å². The summed E-state index contributed by atoms with van der Waals surface area (Å²) in [5.41, 5.74) is 5.47. The molecule has 0 atom stereocenters. The highest BCUT2D eigenvalue weighted by Gasteiger charge is 2.33. The molecule has 2 heterocycles. The van der Waals surface area contributed by atoms with Crippen molar-refractivity contribution in [1.29, 1.82) is 0 Å². The molecule has 0 spiro atoms. The van der Waals surface area contributed by atoms with Gasteiger partial charge in [0.15, 0.2) is 0 Å². The molecule has 3 nitrogen and oxygen atoms in total. The van der Waals surface area contributed by atoms with Crippen LogP contribution < -0.4 is 0 Å². The molecule has 0 amide bonds. The molecular weight excluding hydrogens is 366 g/mol. The zero-order valence-corrected chi connectivity index (χ0v) is 16.3. The zero-order valence-electron chi connectivity index (χ0n) is 15.5. The van der Waals surface area contributed by atoms with Gasteiger partial charge in [-0.3, -0.25) is 0 Å². The van der Waals surface area contributed by atoms with E-state index in [0.717, 1.165) is 54.8 Å². The van der Waals surface area contributed by atoms with Crippen LogP contribution in [0.5, 0.6) is 0 Å². The summed E-state index contributed by atoms with van der Waals surface area (Å²) in [5, 5.41) is 4.21. The lowest BCUT2D eigenvalue weighted by atomic mass is 9.95. The van der Waals surface area contributed by atoms with Gasteiger partial charge in [-0.25, -0.2) is 12.4 Å². The molecule has 0 N–H and O–H groups in total. The molecule has 0 saturated heterocycles. The number of hydrogen-bond donors (Lipinski definition) is 0. The number of rotatable bonds is 0. The maximum atomic E-state index is 13.7. The molecule has 0 radical (unpaired) electrons. The molecule has 4 heteroatoms. The smallest absolute Gasteiger partial charge is 0.233 e. The van der Waals surface area contributed by atoms with E-state index in [-0.39, 0.29) is 0 Å². The zero-order chi connectivity index (χ0) is 19.2. The average Bonchev–Trinajstić information content (AvgIpc) is 3.02. The maximum absolute atomic E-state index is 13.7. The Morgan fingerprint density at radius 3 is 2.36 bits per heavy atom. The van der Waals surface area contributed by atoms with Crippen LogP contribution in [0.4, 0.5) is 0 Å². The van der Waals surface area contributed by atoms with E-state index < -0.39 is 10.0 Å². The molecule has 1 aliphatic rings. The predicted octanol–water partition coefficient (Wildman–Crippen LogP) is 5.78. The first kappa shape index (κ1) is 15.9. The van der Waals surface area contributed by atoms with Crippen molar-refractivity contribution in [3.63, 3.8) is 0 Å². The predicted molar refractivity (Wildman–Crippen MR) is 114 cm³/mol. The van der Waals surface area contributed by atoms with Gasteiger partial charge in [0.1, 0.15) is 0 Å². The third kappa shape index (κ3) is 1.81. The van der Waals surface area contributed by atoms with Gasteiger partial charge >= 0.3 is 0 Å². The van der Waals surface area contributed by atoms with E-state index in [2.05, 4.69) is 24.3 Å². The Labute approximate surface area is 162 Å². The molecular formula is C24H17NO2S. The van der Waals surface area contributed by atoms with Gasteiger partial charge < -0.3 is 0 Å². The number of aryl methyl sites for hydroxylation is 2. The lowest BCUT2D eigenvalue weighted by Gasteiger charge is -2.21. The summed E-state index contributed by atoms with van der Waals surface area (Å²) in [7, 11) is -3.67. The van der Waals surface area contributed by atoms with Gasteiger partial charge in [0.05, 0.1) is 15.9 Å². The number of hydrogen-bond acceptors (Lipinski definition) is 2. The van der Waals surface area contributed by atoms with Crippen LogP contribution in [0.3, 0.4) is 0 Å². The third-order valence-corrected chi connectivity index (χ3v) is 7.58. The van der Waals surface area contributed by atoms with Crippen molar-refractivity contribution in [2.45, 2.75) is 18.7 Å². The summed E-state index contributed by atoms with van der Waals surface area (Å²) in [6.45, 7) is 4.04. The van der Waals surface area contributed by atoms with Crippen molar-refractivity contribution in [1.82, 2.24) is 3.97 Å². The van der Waals surface area contributed by atoms with Gasteiger partial charge in [-0.2, -0.15) is 0 Å². The molecule has 0 bridgehead atoms. The van der Waals surface area contributed by atoms with Gasteiger partial charge in [-0.1, -0.05) is 47.5 Å². The number of nitrogens with zero attached hydrogens (tertiary/aromatic N) is 1. The molecule has 6 rings (SSSR count). The molecule has 4 aromatic carbocycles. The topological polar surface area (TPSA) is 39.1 Å². The average molecular weight is 383 g/mol. The summed E-state index contributed by atoms with van der Waals surface area (Å²) in [6.07, 6.45) is 0. The molecule has 28 heavy (non-hydrogen) atoms. The van der Waals surface area contributed by atoms with E-state index in [9.17, 15) is 8.42 Å². The van der Waals surface area contributed by atoms with Crippen molar-refractivity contribution >= 4 is 42.6 Å². The Bertz CT molecular complexity index is 1590. The Balaban J connectivity index is 2.03. The monoisotopic (exact) mass is 383 g/mol. The van der Waals surface area contributed by atoms with E-state index >= 15 is 0 Å². The Hall–Kier alpha value is -3.11. The minimum atomic E-state index is -3.67. The highest BCUT2D eigenvalue weighted by atomic mass is 32.2.